The van der Waals surface area contributed by atoms with E-state index in [0.29, 0.717) is 0 Å². The Morgan fingerprint density at radius 3 is 2.60 bits per heavy atom. The summed E-state index contributed by atoms with van der Waals surface area (Å²) in [5.41, 5.74) is 1.20. The summed E-state index contributed by atoms with van der Waals surface area (Å²) in [5.74, 6) is 0.286. The van der Waals surface area contributed by atoms with Crippen molar-refractivity contribution in [3.63, 3.8) is 0 Å². The highest BCUT2D eigenvalue weighted by Gasteiger charge is 2.21. The molecule has 0 spiro atoms. The van der Waals surface area contributed by atoms with Crippen LogP contribution in [0.4, 0.5) is 0 Å². The van der Waals surface area contributed by atoms with Crippen LogP contribution in [0, 0.1) is 5.92 Å². The number of amides is 1. The molecule has 20 heavy (non-hydrogen) atoms. The second kappa shape index (κ2) is 10.2. The van der Waals surface area contributed by atoms with Gasteiger partial charge in [0.25, 0.3) is 0 Å². The molecule has 0 aliphatic heterocycles. The summed E-state index contributed by atoms with van der Waals surface area (Å²) in [4.78, 5) is 14.2. The van der Waals surface area contributed by atoms with Crippen molar-refractivity contribution in [2.75, 3.05) is 27.2 Å². The standard InChI is InChI=1S/C15H23BrN2O.ClH/c1-4-12(15(19)18(3)10-9-17-2)11-13-7-5-6-8-14(13)16;/h5-8,12,17H,4,9-11H2,1-3H3;1H. The van der Waals surface area contributed by atoms with Gasteiger partial charge in [0.05, 0.1) is 0 Å². The van der Waals surface area contributed by atoms with E-state index in [0.717, 1.165) is 30.4 Å². The maximum atomic E-state index is 12.4. The monoisotopic (exact) mass is 362 g/mol. The van der Waals surface area contributed by atoms with Crippen LogP contribution in [0.3, 0.4) is 0 Å². The molecule has 1 aromatic carbocycles. The molecule has 1 atom stereocenters. The Kier molecular flexibility index (Phi) is 9.90. The van der Waals surface area contributed by atoms with Gasteiger partial charge in [0, 0.05) is 30.5 Å². The van der Waals surface area contributed by atoms with E-state index >= 15 is 0 Å². The van der Waals surface area contributed by atoms with Crippen LogP contribution >= 0.6 is 28.3 Å². The lowest BCUT2D eigenvalue weighted by Crippen LogP contribution is -2.37. The molecule has 0 bridgehead atoms. The van der Waals surface area contributed by atoms with Crippen molar-refractivity contribution in [2.45, 2.75) is 19.8 Å². The third-order valence-electron chi connectivity index (χ3n) is 3.34. The molecule has 0 saturated carbocycles. The minimum Gasteiger partial charge on any atom is -0.344 e. The number of nitrogens with one attached hydrogen (secondary N) is 1. The molecule has 1 amide bonds. The van der Waals surface area contributed by atoms with Crippen LogP contribution < -0.4 is 5.32 Å². The molecule has 0 aliphatic carbocycles. The molecular weight excluding hydrogens is 340 g/mol. The minimum atomic E-state index is 0. The van der Waals surface area contributed by atoms with Gasteiger partial charge in [-0.2, -0.15) is 0 Å². The van der Waals surface area contributed by atoms with Crippen LogP contribution in [0.1, 0.15) is 18.9 Å². The van der Waals surface area contributed by atoms with Crippen LogP contribution in [0.15, 0.2) is 28.7 Å². The molecule has 0 radical (unpaired) electrons. The number of halogens is 2. The molecule has 0 saturated heterocycles. The third-order valence-corrected chi connectivity index (χ3v) is 4.11. The van der Waals surface area contributed by atoms with Crippen molar-refractivity contribution in [2.24, 2.45) is 5.92 Å². The lowest BCUT2D eigenvalue weighted by molar-refractivity contribution is -0.134. The number of benzene rings is 1. The van der Waals surface area contributed by atoms with Gasteiger partial charge >= 0.3 is 0 Å². The van der Waals surface area contributed by atoms with E-state index in [1.807, 2.05) is 37.2 Å². The Balaban J connectivity index is 0.00000361. The topological polar surface area (TPSA) is 32.3 Å². The number of carbonyl (C=O) groups is 1. The number of rotatable bonds is 7. The largest absolute Gasteiger partial charge is 0.344 e. The molecule has 1 unspecified atom stereocenters. The Morgan fingerprint density at radius 2 is 2.05 bits per heavy atom. The zero-order chi connectivity index (χ0) is 14.3. The van der Waals surface area contributed by atoms with Gasteiger partial charge in [0.2, 0.25) is 5.91 Å². The van der Waals surface area contributed by atoms with Crippen molar-refractivity contribution in [1.82, 2.24) is 10.2 Å². The van der Waals surface area contributed by atoms with E-state index in [-0.39, 0.29) is 24.2 Å². The molecule has 0 fully saturated rings. The normalized spacial score (nSPS) is 11.6. The summed E-state index contributed by atoms with van der Waals surface area (Å²) >= 11 is 3.55. The third kappa shape index (κ3) is 5.81. The van der Waals surface area contributed by atoms with E-state index in [9.17, 15) is 4.79 Å². The first-order valence-electron chi connectivity index (χ1n) is 6.73. The lowest BCUT2D eigenvalue weighted by atomic mass is 9.95. The number of nitrogens with zero attached hydrogens (tertiary/aromatic N) is 1. The van der Waals surface area contributed by atoms with Gasteiger partial charge in [-0.05, 0) is 31.5 Å². The summed E-state index contributed by atoms with van der Waals surface area (Å²) in [6, 6.07) is 8.11. The quantitative estimate of drug-likeness (QED) is 0.807. The maximum Gasteiger partial charge on any atom is 0.225 e. The van der Waals surface area contributed by atoms with Crippen LogP contribution in [0.5, 0.6) is 0 Å². The molecule has 1 N–H and O–H groups in total. The zero-order valence-corrected chi connectivity index (χ0v) is 14.8. The Labute approximate surface area is 136 Å². The van der Waals surface area contributed by atoms with Crippen molar-refractivity contribution in [3.8, 4) is 0 Å². The van der Waals surface area contributed by atoms with Gasteiger partial charge in [-0.25, -0.2) is 0 Å². The molecule has 3 nitrogen and oxygen atoms in total. The predicted octanol–water partition coefficient (Wildman–Crippen LogP) is 3.12. The highest BCUT2D eigenvalue weighted by molar-refractivity contribution is 9.10. The lowest BCUT2D eigenvalue weighted by Gasteiger charge is -2.23. The van der Waals surface area contributed by atoms with Gasteiger partial charge in [0.1, 0.15) is 0 Å². The van der Waals surface area contributed by atoms with E-state index in [4.69, 9.17) is 0 Å². The second-order valence-electron chi connectivity index (χ2n) is 4.76. The summed E-state index contributed by atoms with van der Waals surface area (Å²) in [7, 11) is 3.78. The predicted molar refractivity (Wildman–Crippen MR) is 90.4 cm³/mol. The summed E-state index contributed by atoms with van der Waals surface area (Å²) in [6.45, 7) is 3.65. The SMILES string of the molecule is CCC(Cc1ccccc1Br)C(=O)N(C)CCNC.Cl. The fourth-order valence-electron chi connectivity index (χ4n) is 2.04. The van der Waals surface area contributed by atoms with Gasteiger partial charge < -0.3 is 10.2 Å². The van der Waals surface area contributed by atoms with Crippen LogP contribution in [-0.2, 0) is 11.2 Å². The average molecular weight is 364 g/mol. The highest BCUT2D eigenvalue weighted by Crippen LogP contribution is 2.21. The number of likely N-dealkylation sites (N-methyl/N-ethyl adjacent to an activating group) is 2. The first kappa shape index (κ1) is 19.4. The fourth-order valence-corrected chi connectivity index (χ4v) is 2.48. The Morgan fingerprint density at radius 1 is 1.40 bits per heavy atom. The van der Waals surface area contributed by atoms with Crippen molar-refractivity contribution < 1.29 is 4.79 Å². The molecule has 0 heterocycles. The van der Waals surface area contributed by atoms with Gasteiger partial charge in [-0.1, -0.05) is 41.1 Å². The molecule has 1 aromatic rings. The first-order valence-corrected chi connectivity index (χ1v) is 7.52. The van der Waals surface area contributed by atoms with E-state index in [1.54, 1.807) is 0 Å². The van der Waals surface area contributed by atoms with Crippen LogP contribution in [0.2, 0.25) is 0 Å². The summed E-state index contributed by atoms with van der Waals surface area (Å²) in [5, 5.41) is 3.07. The Bertz CT molecular complexity index is 415. The van der Waals surface area contributed by atoms with Crippen molar-refractivity contribution >= 4 is 34.2 Å². The fraction of sp³-hybridized carbons (Fsp3) is 0.533. The van der Waals surface area contributed by atoms with Gasteiger partial charge in [-0.3, -0.25) is 4.79 Å². The average Bonchev–Trinajstić information content (AvgIpc) is 2.43. The van der Waals surface area contributed by atoms with Gasteiger partial charge in [-0.15, -0.1) is 12.4 Å². The molecule has 0 aromatic heterocycles. The molecule has 114 valence electrons. The van der Waals surface area contributed by atoms with Gasteiger partial charge in [0.15, 0.2) is 0 Å². The van der Waals surface area contributed by atoms with E-state index in [2.05, 4.69) is 34.2 Å². The van der Waals surface area contributed by atoms with Crippen molar-refractivity contribution in [3.05, 3.63) is 34.3 Å². The molecule has 1 rings (SSSR count). The summed E-state index contributed by atoms with van der Waals surface area (Å²) in [6.07, 6.45) is 1.66. The highest BCUT2D eigenvalue weighted by atomic mass is 79.9. The van der Waals surface area contributed by atoms with Crippen LogP contribution in [-0.4, -0.2) is 38.0 Å². The summed E-state index contributed by atoms with van der Waals surface area (Å²) < 4.78 is 1.08. The minimum absolute atomic E-state index is 0. The molecule has 0 aliphatic rings. The molecule has 5 heteroatoms. The smallest absolute Gasteiger partial charge is 0.225 e. The second-order valence-corrected chi connectivity index (χ2v) is 5.62. The Hall–Kier alpha value is -0.580. The molecular formula is C15H24BrClN2O. The number of carbonyl (C=O) groups excluding carboxylic acids is 1. The van der Waals surface area contributed by atoms with Crippen molar-refractivity contribution in [1.29, 1.82) is 0 Å². The van der Waals surface area contributed by atoms with Crippen LogP contribution in [0.25, 0.3) is 0 Å². The van der Waals surface area contributed by atoms with E-state index < -0.39 is 0 Å². The first-order chi connectivity index (χ1) is 9.10. The number of hydrogen-bond donors (Lipinski definition) is 1. The zero-order valence-electron chi connectivity index (χ0n) is 12.4. The maximum absolute atomic E-state index is 12.4. The van der Waals surface area contributed by atoms with E-state index in [1.165, 1.54) is 5.56 Å². The number of hydrogen-bond acceptors (Lipinski definition) is 2.